The van der Waals surface area contributed by atoms with E-state index in [1.54, 1.807) is 17.8 Å². The van der Waals surface area contributed by atoms with E-state index in [0.717, 1.165) is 27.3 Å². The number of hydrogen-bond acceptors (Lipinski definition) is 5. The van der Waals surface area contributed by atoms with Crippen molar-refractivity contribution in [1.29, 1.82) is 0 Å². The summed E-state index contributed by atoms with van der Waals surface area (Å²) in [6.45, 7) is 14.4. The highest BCUT2D eigenvalue weighted by molar-refractivity contribution is 7.99. The van der Waals surface area contributed by atoms with Gasteiger partial charge >= 0.3 is 0 Å². The number of ether oxygens (including phenoxy) is 1. The van der Waals surface area contributed by atoms with Crippen LogP contribution in [-0.4, -0.2) is 35.0 Å². The second-order valence-electron chi connectivity index (χ2n) is 12.6. The molecule has 0 radical (unpaired) electrons. The first-order valence-electron chi connectivity index (χ1n) is 13.8. The first-order chi connectivity index (χ1) is 18.7. The van der Waals surface area contributed by atoms with E-state index in [0.29, 0.717) is 24.5 Å². The fourth-order valence-electron chi connectivity index (χ4n) is 5.16. The first-order valence-corrected chi connectivity index (χ1v) is 16.2. The van der Waals surface area contributed by atoms with Crippen LogP contribution in [0, 0.1) is 5.82 Å². The van der Waals surface area contributed by atoms with E-state index in [4.69, 9.17) is 14.3 Å². The number of aryl methyl sites for hydroxylation is 1. The van der Waals surface area contributed by atoms with E-state index in [1.807, 2.05) is 115 Å². The lowest BCUT2D eigenvalue weighted by Gasteiger charge is -2.41. The van der Waals surface area contributed by atoms with Crippen molar-refractivity contribution in [2.45, 2.75) is 86.9 Å². The topological polar surface area (TPSA) is 47.9 Å². The SMILES string of the molecule is CC1=NC(CCc2ccc(-c3ccc(Sc4ccccc4)cc3F)cc2)(COP(=O)(C(C)(C)C)C(C)(C)C)CO1. The molecule has 1 aliphatic heterocycles. The maximum atomic E-state index is 15.0. The van der Waals surface area contributed by atoms with Crippen LogP contribution < -0.4 is 0 Å². The molecule has 40 heavy (non-hydrogen) atoms. The molecule has 7 heteroatoms. The van der Waals surface area contributed by atoms with Gasteiger partial charge in [-0.3, -0.25) is 4.57 Å². The largest absolute Gasteiger partial charge is 0.479 e. The third-order valence-electron chi connectivity index (χ3n) is 7.29. The lowest BCUT2D eigenvalue weighted by Crippen LogP contribution is -2.38. The Bertz CT molecular complexity index is 1380. The molecule has 1 heterocycles. The summed E-state index contributed by atoms with van der Waals surface area (Å²) in [7, 11) is -3.03. The summed E-state index contributed by atoms with van der Waals surface area (Å²) in [6.07, 6.45) is 1.44. The van der Waals surface area contributed by atoms with E-state index in [1.165, 1.54) is 0 Å². The Hall–Kier alpha value is -2.40. The Morgan fingerprint density at radius 2 is 1.60 bits per heavy atom. The van der Waals surface area contributed by atoms with Crippen LogP contribution in [0.3, 0.4) is 0 Å². The Labute approximate surface area is 243 Å². The van der Waals surface area contributed by atoms with E-state index < -0.39 is 23.2 Å². The zero-order chi connectivity index (χ0) is 29.2. The summed E-state index contributed by atoms with van der Waals surface area (Å²) in [5.74, 6) is 0.393. The summed E-state index contributed by atoms with van der Waals surface area (Å²) in [5, 5.41) is -0.984. The van der Waals surface area contributed by atoms with Crippen molar-refractivity contribution in [3.8, 4) is 11.1 Å². The molecule has 1 unspecified atom stereocenters. The van der Waals surface area contributed by atoms with Gasteiger partial charge in [-0.15, -0.1) is 0 Å². The van der Waals surface area contributed by atoms with Crippen LogP contribution in [0.1, 0.15) is 60.5 Å². The van der Waals surface area contributed by atoms with E-state index in [-0.39, 0.29) is 12.4 Å². The van der Waals surface area contributed by atoms with Crippen molar-refractivity contribution in [2.24, 2.45) is 4.99 Å². The highest BCUT2D eigenvalue weighted by Gasteiger charge is 2.49. The third-order valence-corrected chi connectivity index (χ3v) is 12.3. The highest BCUT2D eigenvalue weighted by Crippen LogP contribution is 2.67. The van der Waals surface area contributed by atoms with Crippen molar-refractivity contribution in [2.75, 3.05) is 13.2 Å². The highest BCUT2D eigenvalue weighted by atomic mass is 32.2. The molecule has 0 fully saturated rings. The maximum absolute atomic E-state index is 15.0. The summed E-state index contributed by atoms with van der Waals surface area (Å²) >= 11 is 1.55. The fraction of sp³-hybridized carbons (Fsp3) is 0.424. The van der Waals surface area contributed by atoms with Gasteiger partial charge in [-0.1, -0.05) is 102 Å². The Balaban J connectivity index is 1.45. The van der Waals surface area contributed by atoms with Gasteiger partial charge in [-0.05, 0) is 48.2 Å². The number of hydrogen-bond donors (Lipinski definition) is 0. The molecular weight excluding hydrogens is 540 g/mol. The van der Waals surface area contributed by atoms with Gasteiger partial charge in [0.15, 0.2) is 5.90 Å². The van der Waals surface area contributed by atoms with E-state index >= 15 is 4.39 Å². The predicted molar refractivity (Wildman–Crippen MR) is 166 cm³/mol. The minimum absolute atomic E-state index is 0.236. The quantitative estimate of drug-likeness (QED) is 0.236. The van der Waals surface area contributed by atoms with Gasteiger partial charge in [0.1, 0.15) is 18.0 Å². The minimum Gasteiger partial charge on any atom is -0.479 e. The van der Waals surface area contributed by atoms with Gasteiger partial charge in [-0.2, -0.15) is 0 Å². The van der Waals surface area contributed by atoms with E-state index in [2.05, 4.69) is 0 Å². The molecule has 0 N–H and O–H groups in total. The molecule has 0 saturated carbocycles. The minimum atomic E-state index is -3.03. The Kier molecular flexibility index (Phi) is 9.04. The molecule has 4 nitrogen and oxygen atoms in total. The Morgan fingerprint density at radius 3 is 2.15 bits per heavy atom. The average Bonchev–Trinajstić information content (AvgIpc) is 3.27. The number of halogens is 1. The standard InChI is InChI=1S/C33H41FNO3PS/c1-24-35-33(22-37-24,23-38-39(36,31(2,3)4)32(5,6)7)20-19-25-13-15-26(16-14-25)29-18-17-28(21-30(29)34)40-27-11-9-8-10-12-27/h8-18,21H,19-20,22-23H2,1-7H3. The molecule has 214 valence electrons. The second-order valence-corrected chi connectivity index (χ2v) is 17.8. The zero-order valence-corrected chi connectivity index (χ0v) is 26.4. The van der Waals surface area contributed by atoms with Crippen LogP contribution in [0.2, 0.25) is 0 Å². The first kappa shape index (κ1) is 30.6. The molecule has 4 rings (SSSR count). The fourth-order valence-corrected chi connectivity index (χ4v) is 9.24. The summed E-state index contributed by atoms with van der Waals surface area (Å²) in [6, 6.07) is 23.4. The summed E-state index contributed by atoms with van der Waals surface area (Å²) < 4.78 is 41.2. The van der Waals surface area contributed by atoms with E-state index in [9.17, 15) is 4.57 Å². The van der Waals surface area contributed by atoms with Crippen LogP contribution in [0.15, 0.2) is 87.6 Å². The van der Waals surface area contributed by atoms with Gasteiger partial charge < -0.3 is 9.26 Å². The van der Waals surface area contributed by atoms with Gasteiger partial charge in [0.05, 0.1) is 6.61 Å². The molecule has 0 bridgehead atoms. The maximum Gasteiger partial charge on any atom is 0.213 e. The molecule has 0 aromatic heterocycles. The molecule has 0 amide bonds. The molecule has 0 spiro atoms. The second kappa shape index (κ2) is 11.8. The predicted octanol–water partition coefficient (Wildman–Crippen LogP) is 9.66. The van der Waals surface area contributed by atoms with Crippen LogP contribution >= 0.6 is 19.1 Å². The zero-order valence-electron chi connectivity index (χ0n) is 24.7. The third kappa shape index (κ3) is 6.90. The van der Waals surface area contributed by atoms with Gasteiger partial charge in [0.25, 0.3) is 0 Å². The van der Waals surface area contributed by atoms with Crippen LogP contribution in [0.25, 0.3) is 11.1 Å². The molecule has 0 aliphatic carbocycles. The molecule has 1 aliphatic rings. The molecule has 3 aromatic rings. The molecular formula is C33H41FNO3PS. The lowest BCUT2D eigenvalue weighted by molar-refractivity contribution is 0.158. The Morgan fingerprint density at radius 1 is 0.950 bits per heavy atom. The monoisotopic (exact) mass is 581 g/mol. The molecule has 1 atom stereocenters. The normalized spacial score (nSPS) is 17.9. The summed E-state index contributed by atoms with van der Waals surface area (Å²) in [4.78, 5) is 6.76. The number of rotatable bonds is 9. The lowest BCUT2D eigenvalue weighted by atomic mass is 9.93. The molecule has 0 saturated heterocycles. The number of benzene rings is 3. The molecule has 3 aromatic carbocycles. The van der Waals surface area contributed by atoms with Crippen molar-refractivity contribution in [3.63, 3.8) is 0 Å². The van der Waals surface area contributed by atoms with Gasteiger partial charge in [-0.25, -0.2) is 9.38 Å². The van der Waals surface area contributed by atoms with Crippen molar-refractivity contribution in [1.82, 2.24) is 0 Å². The van der Waals surface area contributed by atoms with Crippen molar-refractivity contribution < 1.29 is 18.2 Å². The van der Waals surface area contributed by atoms with Gasteiger partial charge in [0.2, 0.25) is 7.37 Å². The van der Waals surface area contributed by atoms with Crippen LogP contribution in [0.5, 0.6) is 0 Å². The van der Waals surface area contributed by atoms with Crippen molar-refractivity contribution >= 4 is 25.0 Å². The van der Waals surface area contributed by atoms with Crippen molar-refractivity contribution in [3.05, 3.63) is 84.2 Å². The average molecular weight is 582 g/mol. The summed E-state index contributed by atoms with van der Waals surface area (Å²) in [5.41, 5.74) is 1.95. The smallest absolute Gasteiger partial charge is 0.213 e. The van der Waals surface area contributed by atoms with Crippen LogP contribution in [0.4, 0.5) is 4.39 Å². The number of aliphatic imine (C=N–C) groups is 1. The van der Waals surface area contributed by atoms with Gasteiger partial charge in [0, 0.05) is 32.6 Å². The number of nitrogens with zero attached hydrogens (tertiary/aromatic N) is 1. The van der Waals surface area contributed by atoms with Crippen LogP contribution in [-0.2, 0) is 20.2 Å².